The van der Waals surface area contributed by atoms with Crippen molar-refractivity contribution < 1.29 is 29.0 Å². The fourth-order valence-electron chi connectivity index (χ4n) is 7.44. The van der Waals surface area contributed by atoms with Gasteiger partial charge in [0, 0.05) is 35.4 Å². The molecule has 2 saturated heterocycles. The van der Waals surface area contributed by atoms with Gasteiger partial charge in [-0.25, -0.2) is 9.78 Å². The zero-order valence-corrected chi connectivity index (χ0v) is 28.3. The van der Waals surface area contributed by atoms with Gasteiger partial charge in [0.15, 0.2) is 0 Å². The number of benzene rings is 2. The molecule has 2 amide bonds. The predicted octanol–water partition coefficient (Wildman–Crippen LogP) is 5.30. The van der Waals surface area contributed by atoms with E-state index >= 15 is 0 Å². The number of aliphatic carboxylic acids is 1. The number of piperidine rings is 1. The second-order valence-electron chi connectivity index (χ2n) is 14.4. The molecular weight excluding hydrogens is 608 g/mol. The van der Waals surface area contributed by atoms with Crippen LogP contribution in [0.2, 0.25) is 0 Å². The summed E-state index contributed by atoms with van der Waals surface area (Å²) in [5.41, 5.74) is 0.524. The topological polar surface area (TPSA) is 121 Å². The standard InChI is InChI=1S/C38H46N4O6/c1-6-25-22-38(25,36(45)46)40-34(43)31-20-27(23-42(31)35(44)33(37(2,3)4)41-17-11-8-12-18-41)48-32-21-29(24-13-9-7-10-14-24)39-30-19-26(47-5)15-16-28(30)32/h6-7,9-10,13-16,19,21,25,27,31,33H,1,8,11-12,17-18,20,22-23H2,2-5H3,(H,40,43)(H,45,46)/t25?,27-,31+,33-,38?/m1/s1. The molecule has 254 valence electrons. The van der Waals surface area contributed by atoms with E-state index in [1.165, 1.54) is 0 Å². The maximum Gasteiger partial charge on any atom is 0.330 e. The first-order valence-corrected chi connectivity index (χ1v) is 16.9. The normalized spacial score (nSPS) is 24.9. The average Bonchev–Trinajstić information content (AvgIpc) is 3.64. The molecule has 3 heterocycles. The molecule has 3 aromatic rings. The number of nitrogens with one attached hydrogen (secondary N) is 1. The number of pyridine rings is 1. The zero-order valence-electron chi connectivity index (χ0n) is 28.3. The van der Waals surface area contributed by atoms with Gasteiger partial charge in [0.25, 0.3) is 0 Å². The molecule has 6 rings (SSSR count). The molecule has 3 aliphatic rings. The lowest BCUT2D eigenvalue weighted by atomic mass is 9.83. The highest BCUT2D eigenvalue weighted by atomic mass is 16.5. The number of ether oxygens (including phenoxy) is 2. The van der Waals surface area contributed by atoms with Gasteiger partial charge in [0.05, 0.1) is 30.9 Å². The Morgan fingerprint density at radius 1 is 1.08 bits per heavy atom. The first-order valence-electron chi connectivity index (χ1n) is 16.9. The molecule has 2 aromatic carbocycles. The summed E-state index contributed by atoms with van der Waals surface area (Å²) in [5.74, 6) is -0.843. The van der Waals surface area contributed by atoms with Crippen molar-refractivity contribution in [3.05, 3.63) is 67.3 Å². The SMILES string of the molecule is C=CC1CC1(NC(=O)[C@@H]1C[C@@H](Oc2cc(-c3ccccc3)nc3cc(OC)ccc23)CN1C(=O)[C@@H](N1CCCCC1)C(C)(C)C)C(=O)O. The molecule has 2 unspecified atom stereocenters. The highest BCUT2D eigenvalue weighted by Crippen LogP contribution is 2.45. The highest BCUT2D eigenvalue weighted by molar-refractivity contribution is 5.96. The van der Waals surface area contributed by atoms with Crippen LogP contribution in [0.15, 0.2) is 67.3 Å². The number of aromatic nitrogens is 1. The van der Waals surface area contributed by atoms with Crippen molar-refractivity contribution in [1.82, 2.24) is 20.1 Å². The minimum atomic E-state index is -1.41. The van der Waals surface area contributed by atoms with E-state index in [4.69, 9.17) is 14.5 Å². The second-order valence-corrected chi connectivity index (χ2v) is 14.4. The molecule has 10 nitrogen and oxygen atoms in total. The van der Waals surface area contributed by atoms with Crippen LogP contribution < -0.4 is 14.8 Å². The lowest BCUT2D eigenvalue weighted by Crippen LogP contribution is -2.59. The van der Waals surface area contributed by atoms with Gasteiger partial charge in [-0.05, 0) is 49.9 Å². The van der Waals surface area contributed by atoms with Gasteiger partial charge in [-0.3, -0.25) is 14.5 Å². The van der Waals surface area contributed by atoms with Gasteiger partial charge in [-0.15, -0.1) is 6.58 Å². The van der Waals surface area contributed by atoms with Crippen LogP contribution in [-0.2, 0) is 14.4 Å². The van der Waals surface area contributed by atoms with Gasteiger partial charge in [-0.2, -0.15) is 0 Å². The van der Waals surface area contributed by atoms with E-state index in [2.05, 4.69) is 37.6 Å². The molecule has 1 saturated carbocycles. The Labute approximate surface area is 282 Å². The van der Waals surface area contributed by atoms with Gasteiger partial charge in [0.2, 0.25) is 11.8 Å². The summed E-state index contributed by atoms with van der Waals surface area (Å²) in [4.78, 5) is 49.8. The molecule has 2 N–H and O–H groups in total. The third kappa shape index (κ3) is 6.50. The van der Waals surface area contributed by atoms with Gasteiger partial charge in [-0.1, -0.05) is 63.6 Å². The number of carbonyl (C=O) groups is 3. The second kappa shape index (κ2) is 13.2. The number of carboxylic acid groups (broad SMARTS) is 1. The number of amides is 2. The van der Waals surface area contributed by atoms with Gasteiger partial charge < -0.3 is 24.8 Å². The molecule has 10 heteroatoms. The third-order valence-corrected chi connectivity index (χ3v) is 10.0. The highest BCUT2D eigenvalue weighted by Gasteiger charge is 2.61. The molecule has 0 radical (unpaired) electrons. The number of rotatable bonds is 10. The smallest absolute Gasteiger partial charge is 0.330 e. The molecule has 0 bridgehead atoms. The van der Waals surface area contributed by atoms with E-state index in [1.807, 2.05) is 54.6 Å². The number of methoxy groups -OCH3 is 1. The van der Waals surface area contributed by atoms with Crippen molar-refractivity contribution in [3.63, 3.8) is 0 Å². The van der Waals surface area contributed by atoms with Crippen molar-refractivity contribution in [2.24, 2.45) is 11.3 Å². The lowest BCUT2D eigenvalue weighted by Gasteiger charge is -2.43. The summed E-state index contributed by atoms with van der Waals surface area (Å²) in [6.07, 6.45) is 4.68. The van der Waals surface area contributed by atoms with E-state index < -0.39 is 41.0 Å². The van der Waals surface area contributed by atoms with Crippen LogP contribution in [0, 0.1) is 11.3 Å². The van der Waals surface area contributed by atoms with Gasteiger partial charge >= 0.3 is 5.97 Å². The fraction of sp³-hybridized carbons (Fsp3) is 0.474. The Balaban J connectivity index is 1.35. The molecule has 1 aromatic heterocycles. The molecule has 2 aliphatic heterocycles. The van der Waals surface area contributed by atoms with E-state index in [0.29, 0.717) is 17.0 Å². The largest absolute Gasteiger partial charge is 0.497 e. The van der Waals surface area contributed by atoms with Crippen molar-refractivity contribution in [2.45, 2.75) is 76.6 Å². The summed E-state index contributed by atoms with van der Waals surface area (Å²) in [6, 6.07) is 16.0. The van der Waals surface area contributed by atoms with Crippen molar-refractivity contribution in [2.75, 3.05) is 26.7 Å². The maximum atomic E-state index is 14.7. The van der Waals surface area contributed by atoms with E-state index in [0.717, 1.165) is 49.0 Å². The van der Waals surface area contributed by atoms with Crippen molar-refractivity contribution >= 4 is 28.7 Å². The predicted molar refractivity (Wildman–Crippen MR) is 184 cm³/mol. The van der Waals surface area contributed by atoms with Crippen LogP contribution in [0.4, 0.5) is 0 Å². The summed E-state index contributed by atoms with van der Waals surface area (Å²) >= 11 is 0. The quantitative estimate of drug-likeness (QED) is 0.283. The Morgan fingerprint density at radius 2 is 1.81 bits per heavy atom. The summed E-state index contributed by atoms with van der Waals surface area (Å²) < 4.78 is 12.2. The Kier molecular flexibility index (Phi) is 9.22. The average molecular weight is 655 g/mol. The van der Waals surface area contributed by atoms with Crippen molar-refractivity contribution in [1.29, 1.82) is 0 Å². The number of carboxylic acids is 1. The number of likely N-dealkylation sites (tertiary alicyclic amines) is 2. The van der Waals surface area contributed by atoms with E-state index in [-0.39, 0.29) is 31.2 Å². The molecule has 1 aliphatic carbocycles. The number of fused-ring (bicyclic) bond motifs is 1. The van der Waals surface area contributed by atoms with Crippen LogP contribution in [0.25, 0.3) is 22.2 Å². The molecule has 5 atom stereocenters. The van der Waals surface area contributed by atoms with Crippen molar-refractivity contribution in [3.8, 4) is 22.8 Å². The van der Waals surface area contributed by atoms with Crippen LogP contribution in [-0.4, -0.2) is 88.1 Å². The van der Waals surface area contributed by atoms with Crippen LogP contribution >= 0.6 is 0 Å². The summed E-state index contributed by atoms with van der Waals surface area (Å²) in [7, 11) is 1.61. The monoisotopic (exact) mass is 654 g/mol. The number of nitrogens with zero attached hydrogens (tertiary/aromatic N) is 3. The molecule has 48 heavy (non-hydrogen) atoms. The lowest BCUT2D eigenvalue weighted by molar-refractivity contribution is -0.148. The summed E-state index contributed by atoms with van der Waals surface area (Å²) in [5, 5.41) is 13.6. The first kappa shape index (κ1) is 33.5. The maximum absolute atomic E-state index is 14.7. The number of carbonyl (C=O) groups excluding carboxylic acids is 2. The van der Waals surface area contributed by atoms with E-state index in [1.54, 1.807) is 18.1 Å². The number of hydrogen-bond acceptors (Lipinski definition) is 7. The van der Waals surface area contributed by atoms with Crippen LogP contribution in [0.1, 0.15) is 52.9 Å². The fourth-order valence-corrected chi connectivity index (χ4v) is 7.44. The first-order chi connectivity index (χ1) is 22.9. The van der Waals surface area contributed by atoms with E-state index in [9.17, 15) is 19.5 Å². The Bertz CT molecular complexity index is 1700. The zero-order chi connectivity index (χ0) is 34.2. The third-order valence-electron chi connectivity index (χ3n) is 10.0. The van der Waals surface area contributed by atoms with Crippen LogP contribution in [0.3, 0.4) is 0 Å². The molecule has 0 spiro atoms. The van der Waals surface area contributed by atoms with Crippen LogP contribution in [0.5, 0.6) is 11.5 Å². The Hall–Kier alpha value is -4.44. The summed E-state index contributed by atoms with van der Waals surface area (Å²) in [6.45, 7) is 11.7. The molecule has 3 fully saturated rings. The number of hydrogen-bond donors (Lipinski definition) is 2. The van der Waals surface area contributed by atoms with Gasteiger partial charge in [0.1, 0.15) is 29.2 Å². The minimum Gasteiger partial charge on any atom is -0.497 e. The Morgan fingerprint density at radius 3 is 2.44 bits per heavy atom. The minimum absolute atomic E-state index is 0.134. The molecular formula is C38H46N4O6.